The Morgan fingerprint density at radius 3 is 1.44 bits per heavy atom. The first-order valence-electron chi connectivity index (χ1n) is 26.5. The van der Waals surface area contributed by atoms with Crippen LogP contribution in [0.2, 0.25) is 0 Å². The van der Waals surface area contributed by atoms with Gasteiger partial charge in [0.05, 0.1) is 11.3 Å². The van der Waals surface area contributed by atoms with Gasteiger partial charge >= 0.3 is 20.1 Å². The quantitative estimate of drug-likeness (QED) is 0.121. The van der Waals surface area contributed by atoms with Crippen LogP contribution in [0.4, 0.5) is 0 Å². The number of pyridine rings is 1. The van der Waals surface area contributed by atoms with Gasteiger partial charge in [0, 0.05) is 40.8 Å². The van der Waals surface area contributed by atoms with Crippen LogP contribution < -0.4 is 0 Å². The molecule has 7 nitrogen and oxygen atoms in total. The molecule has 0 saturated carbocycles. The van der Waals surface area contributed by atoms with Gasteiger partial charge in [0.15, 0.2) is 0 Å². The van der Waals surface area contributed by atoms with E-state index in [9.17, 15) is 0 Å². The maximum Gasteiger partial charge on any atom is 3.00 e. The molecule has 0 N–H and O–H groups in total. The summed E-state index contributed by atoms with van der Waals surface area (Å²) < 4.78 is 4.28. The van der Waals surface area contributed by atoms with Gasteiger partial charge in [0.2, 0.25) is 0 Å². The number of imidazole rings is 2. The van der Waals surface area contributed by atoms with E-state index in [1.165, 1.54) is 44.5 Å². The first kappa shape index (κ1) is 51.2. The summed E-state index contributed by atoms with van der Waals surface area (Å²) in [5, 5.41) is 1.90. The Morgan fingerprint density at radius 1 is 0.442 bits per heavy atom. The normalized spacial score (nSPS) is 12.0. The predicted molar refractivity (Wildman–Crippen MR) is 311 cm³/mol. The average molecular weight is 1180 g/mol. The van der Waals surface area contributed by atoms with Gasteiger partial charge < -0.3 is 13.8 Å². The van der Waals surface area contributed by atoms with E-state index in [2.05, 4.69) is 227 Å². The summed E-state index contributed by atoms with van der Waals surface area (Å²) in [5.74, 6) is 1.99. The number of aryl methyl sites for hydroxylation is 6. The van der Waals surface area contributed by atoms with Crippen LogP contribution in [0.25, 0.3) is 88.9 Å². The zero-order valence-electron chi connectivity index (χ0n) is 45.0. The van der Waals surface area contributed by atoms with Crippen molar-refractivity contribution >= 4 is 33.1 Å². The van der Waals surface area contributed by atoms with Crippen molar-refractivity contribution in [2.45, 2.75) is 91.9 Å². The minimum atomic E-state index is -0.162. The van der Waals surface area contributed by atoms with Crippen LogP contribution in [-0.4, -0.2) is 33.7 Å². The number of nitrogens with zero attached hydrogens (tertiary/aromatic N) is 7. The van der Waals surface area contributed by atoms with Crippen molar-refractivity contribution in [1.82, 2.24) is 33.7 Å². The van der Waals surface area contributed by atoms with E-state index in [0.29, 0.717) is 0 Å². The van der Waals surface area contributed by atoms with Crippen molar-refractivity contribution in [3.63, 3.8) is 0 Å². The molecule has 0 aliphatic carbocycles. The van der Waals surface area contributed by atoms with E-state index < -0.39 is 0 Å². The van der Waals surface area contributed by atoms with Gasteiger partial charge in [-0.05, 0) is 93.5 Å². The number of aromatic nitrogens is 7. The summed E-state index contributed by atoms with van der Waals surface area (Å²) in [6.45, 7) is 17.3. The molecule has 0 aliphatic rings. The fourth-order valence-electron chi connectivity index (χ4n) is 10.7. The van der Waals surface area contributed by atoms with E-state index in [1.807, 2.05) is 26.1 Å². The Kier molecular flexibility index (Phi) is 13.7. The van der Waals surface area contributed by atoms with Crippen LogP contribution in [0.3, 0.4) is 0 Å². The van der Waals surface area contributed by atoms with Crippen molar-refractivity contribution < 1.29 is 20.1 Å². The van der Waals surface area contributed by atoms with Gasteiger partial charge in [0.1, 0.15) is 11.6 Å². The first-order valence-corrected chi connectivity index (χ1v) is 26.5. The van der Waals surface area contributed by atoms with E-state index in [-0.39, 0.29) is 30.9 Å². The van der Waals surface area contributed by atoms with Gasteiger partial charge in [-0.25, -0.2) is 0 Å². The standard InChI is InChI=1S/C69H60N7.Ir/c1-44-42-75-64(71-44)59-32-25-46(38-62(59)73-66(75)68(3,4)5)21-23-48-35-49(24-22-47-26-33-60-63(39-47)74-67(69(6,7)8)76-43-45(2)72-65(60)76)37-56(36-48)58-20-13-12-19-57(58)55-31-34-61(70-41-55)54-18-14-17-53(40-54)52-29-27-51(28-30-52)50-15-10-9-11-16-50;/h9-17,19-20,25-31,34-43H,21-24H2,1-8H3;/q-3;+3. The molecule has 0 bridgehead atoms. The Bertz CT molecular complexity index is 3980. The van der Waals surface area contributed by atoms with Crippen LogP contribution in [0, 0.1) is 32.0 Å². The third-order valence-corrected chi connectivity index (χ3v) is 14.5. The fourth-order valence-corrected chi connectivity index (χ4v) is 10.7. The first-order chi connectivity index (χ1) is 36.7. The molecule has 7 aromatic carbocycles. The monoisotopic (exact) mass is 1180 g/mol. The maximum absolute atomic E-state index is 5.24. The minimum absolute atomic E-state index is 0. The van der Waals surface area contributed by atoms with Crippen LogP contribution in [-0.2, 0) is 56.6 Å². The van der Waals surface area contributed by atoms with Crippen molar-refractivity contribution in [3.8, 4) is 55.8 Å². The molecule has 0 saturated heterocycles. The average Bonchev–Trinajstić information content (AvgIpc) is 4.05. The predicted octanol–water partition coefficient (Wildman–Crippen LogP) is 16.0. The van der Waals surface area contributed by atoms with E-state index in [4.69, 9.17) is 24.9 Å². The molecule has 0 aliphatic heterocycles. The number of hydrogen-bond acceptors (Lipinski definition) is 5. The molecule has 0 amide bonds. The zero-order valence-corrected chi connectivity index (χ0v) is 47.4. The van der Waals surface area contributed by atoms with Crippen molar-refractivity contribution in [2.75, 3.05) is 0 Å². The van der Waals surface area contributed by atoms with Gasteiger partial charge in [-0.1, -0.05) is 174 Å². The van der Waals surface area contributed by atoms with Crippen molar-refractivity contribution in [1.29, 1.82) is 0 Å². The second-order valence-corrected chi connectivity index (χ2v) is 22.5. The molecule has 0 fully saturated rings. The molecule has 380 valence electrons. The Balaban J connectivity index is 0.00000631. The van der Waals surface area contributed by atoms with Crippen molar-refractivity contribution in [3.05, 3.63) is 234 Å². The Labute approximate surface area is 465 Å². The minimum Gasteiger partial charge on any atom is -0.328 e. The number of benzene rings is 7. The number of rotatable bonds is 11. The van der Waals surface area contributed by atoms with Crippen LogP contribution in [0.5, 0.6) is 0 Å². The fraction of sp³-hybridized carbons (Fsp3) is 0.203. The summed E-state index contributed by atoms with van der Waals surface area (Å²) in [7, 11) is 0. The smallest absolute Gasteiger partial charge is 0.328 e. The van der Waals surface area contributed by atoms with Gasteiger partial charge in [-0.2, -0.15) is 0 Å². The summed E-state index contributed by atoms with van der Waals surface area (Å²) >= 11 is 0. The van der Waals surface area contributed by atoms with Crippen molar-refractivity contribution in [2.24, 2.45) is 0 Å². The molecule has 0 atom stereocenters. The molecule has 12 rings (SSSR count). The summed E-state index contributed by atoms with van der Waals surface area (Å²) in [6, 6.07) is 65.2. The largest absolute Gasteiger partial charge is 3.00 e. The molecule has 12 aromatic rings. The molecule has 5 heterocycles. The van der Waals surface area contributed by atoms with E-state index in [1.54, 1.807) is 0 Å². The Hall–Kier alpha value is -7.90. The van der Waals surface area contributed by atoms with Crippen LogP contribution in [0.15, 0.2) is 170 Å². The van der Waals surface area contributed by atoms with Gasteiger partial charge in [-0.3, -0.25) is 19.9 Å². The third kappa shape index (κ3) is 10.4. The van der Waals surface area contributed by atoms with E-state index >= 15 is 0 Å². The molecule has 77 heavy (non-hydrogen) atoms. The molecule has 0 unspecified atom stereocenters. The third-order valence-electron chi connectivity index (χ3n) is 14.5. The molecule has 5 aromatic heterocycles. The SMILES string of the molecule is Cc1cn2c(C(C)(C)C)nc3cc(CCc4cc(CCc5c[c-]c6c(c5)nc(C(C)(C)C)n5cc(C)nc65)cc(-c5ccccc5-c5ccc(-c6[c-]ccc(-c7ccc(-c8ccccc8)cc7)c6)nc5)c4)c[c-]c3c2n1.[Ir+3]. The molecular weight excluding hydrogens is 1120 g/mol. The van der Waals surface area contributed by atoms with Gasteiger partial charge in [0.25, 0.3) is 0 Å². The second kappa shape index (κ2) is 20.6. The van der Waals surface area contributed by atoms with Gasteiger partial charge in [-0.15, -0.1) is 82.9 Å². The summed E-state index contributed by atoms with van der Waals surface area (Å²) in [5.41, 5.74) is 21.4. The van der Waals surface area contributed by atoms with E-state index in [0.717, 1.165) is 115 Å². The number of hydrogen-bond donors (Lipinski definition) is 0. The van der Waals surface area contributed by atoms with Crippen LogP contribution in [0.1, 0.15) is 86.8 Å². The Morgan fingerprint density at radius 2 is 0.922 bits per heavy atom. The van der Waals surface area contributed by atoms with Crippen LogP contribution >= 0.6 is 0 Å². The molecular formula is C69H60IrN7. The second-order valence-electron chi connectivity index (χ2n) is 22.5. The molecule has 8 heteroatoms. The number of fused-ring (bicyclic) bond motifs is 6. The zero-order chi connectivity index (χ0) is 52.3. The maximum atomic E-state index is 5.24. The topological polar surface area (TPSA) is 73.3 Å². The summed E-state index contributed by atoms with van der Waals surface area (Å²) in [6.07, 6.45) is 9.57. The summed E-state index contributed by atoms with van der Waals surface area (Å²) in [4.78, 5) is 25.4. The molecule has 0 radical (unpaired) electrons. The molecule has 0 spiro atoms.